The summed E-state index contributed by atoms with van der Waals surface area (Å²) < 4.78 is 0. The highest BCUT2D eigenvalue weighted by Crippen LogP contribution is 1.65. The summed E-state index contributed by atoms with van der Waals surface area (Å²) in [5.41, 5.74) is 3.78. The van der Waals surface area contributed by atoms with Gasteiger partial charge in [-0.2, -0.15) is 0 Å². The van der Waals surface area contributed by atoms with Crippen LogP contribution in [0, 0.1) is 5.21 Å². The van der Waals surface area contributed by atoms with Gasteiger partial charge in [-0.3, -0.25) is 0 Å². The molecule has 0 aliphatic heterocycles. The van der Waals surface area contributed by atoms with Crippen molar-refractivity contribution in [1.82, 2.24) is 0 Å². The third-order valence-corrected chi connectivity index (χ3v) is 0.917. The van der Waals surface area contributed by atoms with Crippen molar-refractivity contribution in [1.29, 1.82) is 0 Å². The quantitative estimate of drug-likeness (QED) is 0.319. The maximum Gasteiger partial charge on any atom is 0.109 e. The van der Waals surface area contributed by atoms with Crippen molar-refractivity contribution < 1.29 is 10.3 Å². The monoisotopic (exact) mass is 132 g/mol. The predicted octanol–water partition coefficient (Wildman–Crippen LogP) is -2.62. The van der Waals surface area contributed by atoms with Gasteiger partial charge in [0.15, 0.2) is 0 Å². The van der Waals surface area contributed by atoms with Gasteiger partial charge in [0.2, 0.25) is 0 Å². The Morgan fingerprint density at radius 2 is 2.22 bits per heavy atom. The average Bonchev–Trinajstić information content (AvgIpc) is 1.82. The van der Waals surface area contributed by atoms with E-state index in [2.05, 4.69) is 17.1 Å². The van der Waals surface area contributed by atoms with E-state index in [0.717, 1.165) is 0 Å². The summed E-state index contributed by atoms with van der Waals surface area (Å²) in [6.45, 7) is 3.51. The molecule has 5 heteroatoms. The molecule has 0 amide bonds. The molecular formula is C4H12N4O. The molecule has 0 heterocycles. The Morgan fingerprint density at radius 1 is 1.67 bits per heavy atom. The molecule has 0 aromatic carbocycles. The van der Waals surface area contributed by atoms with Crippen LogP contribution in [0.4, 0.5) is 0 Å². The van der Waals surface area contributed by atoms with Crippen molar-refractivity contribution in [2.45, 2.75) is 0 Å². The molecule has 0 bridgehead atoms. The number of rotatable bonds is 4. The summed E-state index contributed by atoms with van der Waals surface area (Å²) in [4.78, 5) is 3.47. The molecule has 0 rings (SSSR count). The SMILES string of the molecule is C=NC[N-][NH+](C)[NH+](C)[O-]. The Morgan fingerprint density at radius 3 is 2.56 bits per heavy atom. The van der Waals surface area contributed by atoms with E-state index in [1.54, 1.807) is 7.05 Å². The zero-order valence-electron chi connectivity index (χ0n) is 5.72. The molecule has 0 fully saturated rings. The van der Waals surface area contributed by atoms with Gasteiger partial charge in [-0.1, -0.05) is 0 Å². The zero-order chi connectivity index (χ0) is 7.28. The van der Waals surface area contributed by atoms with Gasteiger partial charge < -0.3 is 15.6 Å². The number of quaternary nitrogens is 2. The van der Waals surface area contributed by atoms with Crippen LogP contribution in [-0.2, 0) is 0 Å². The summed E-state index contributed by atoms with van der Waals surface area (Å²) >= 11 is 0. The minimum absolute atomic E-state index is 0.0151. The molecule has 2 atom stereocenters. The first kappa shape index (κ1) is 8.51. The number of nitrogens with zero attached hydrogens (tertiary/aromatic N) is 2. The highest BCUT2D eigenvalue weighted by molar-refractivity contribution is 5.23. The van der Waals surface area contributed by atoms with Gasteiger partial charge in [0.1, 0.15) is 14.1 Å². The summed E-state index contributed by atoms with van der Waals surface area (Å²) in [5, 5.41) is 10.9. The maximum atomic E-state index is 10.5. The van der Waals surface area contributed by atoms with Crippen LogP contribution in [0.5, 0.6) is 0 Å². The summed E-state index contributed by atoms with van der Waals surface area (Å²) in [6.07, 6.45) is 0. The number of hydrogen-bond acceptors (Lipinski definition) is 2. The fraction of sp³-hybridized carbons (Fsp3) is 0.750. The molecule has 0 aliphatic carbocycles. The van der Waals surface area contributed by atoms with Crippen molar-refractivity contribution in [2.24, 2.45) is 4.99 Å². The van der Waals surface area contributed by atoms with E-state index in [9.17, 15) is 5.21 Å². The van der Waals surface area contributed by atoms with Crippen LogP contribution in [0.3, 0.4) is 0 Å². The largest absolute Gasteiger partial charge is 0.585 e. The third-order valence-electron chi connectivity index (χ3n) is 0.917. The molecule has 5 nitrogen and oxygen atoms in total. The maximum absolute atomic E-state index is 10.5. The van der Waals surface area contributed by atoms with E-state index in [1.165, 1.54) is 7.05 Å². The molecule has 0 radical (unpaired) electrons. The standard InChI is InChI=1S/C4H12N4O/c1-5-4-6-7(2)8(3)9/h7-8H,1,4H2,2-3H3. The molecule has 0 aliphatic rings. The second-order valence-electron chi connectivity index (χ2n) is 1.66. The average molecular weight is 132 g/mol. The van der Waals surface area contributed by atoms with Gasteiger partial charge in [0, 0.05) is 0 Å². The van der Waals surface area contributed by atoms with Crippen LogP contribution in [-0.4, -0.2) is 27.5 Å². The number of hydroxylamine groups is 1. The van der Waals surface area contributed by atoms with Crippen molar-refractivity contribution in [2.75, 3.05) is 20.8 Å². The lowest BCUT2D eigenvalue weighted by atomic mass is 11.1. The van der Waals surface area contributed by atoms with E-state index in [1.807, 2.05) is 0 Å². The van der Waals surface area contributed by atoms with Crippen LogP contribution in [0.25, 0.3) is 5.43 Å². The minimum atomic E-state index is -0.0151. The number of nitrogens with one attached hydrogen (secondary N) is 2. The van der Waals surface area contributed by atoms with Gasteiger partial charge in [0.05, 0.1) is 0 Å². The Labute approximate surface area is 54.5 Å². The lowest BCUT2D eigenvalue weighted by Gasteiger charge is -2.31. The summed E-state index contributed by atoms with van der Waals surface area (Å²) in [6, 6.07) is 0. The van der Waals surface area contributed by atoms with E-state index < -0.39 is 0 Å². The van der Waals surface area contributed by atoms with Crippen molar-refractivity contribution in [3.8, 4) is 0 Å². The minimum Gasteiger partial charge on any atom is -0.585 e. The third kappa shape index (κ3) is 4.04. The van der Waals surface area contributed by atoms with Gasteiger partial charge >= 0.3 is 0 Å². The highest BCUT2D eigenvalue weighted by atomic mass is 16.6. The Hall–Kier alpha value is -0.490. The Balaban J connectivity index is 3.26. The van der Waals surface area contributed by atoms with E-state index in [4.69, 9.17) is 0 Å². The number of aliphatic imine (C=N–C) groups is 1. The molecule has 0 saturated carbocycles. The molecule has 0 spiro atoms. The van der Waals surface area contributed by atoms with Crippen molar-refractivity contribution in [3.63, 3.8) is 0 Å². The topological polar surface area (TPSA) is 58.4 Å². The Bertz CT molecular complexity index is 84.6. The van der Waals surface area contributed by atoms with E-state index >= 15 is 0 Å². The van der Waals surface area contributed by atoms with Crippen LogP contribution >= 0.6 is 0 Å². The van der Waals surface area contributed by atoms with Gasteiger partial charge in [0.25, 0.3) is 0 Å². The van der Waals surface area contributed by atoms with Crippen molar-refractivity contribution >= 4 is 6.72 Å². The molecule has 2 unspecified atom stereocenters. The zero-order valence-corrected chi connectivity index (χ0v) is 5.72. The molecule has 9 heavy (non-hydrogen) atoms. The summed E-state index contributed by atoms with van der Waals surface area (Å²) in [5.74, 6) is 0. The fourth-order valence-corrected chi connectivity index (χ4v) is 0.267. The van der Waals surface area contributed by atoms with Crippen molar-refractivity contribution in [3.05, 3.63) is 10.6 Å². The normalized spacial score (nSPS) is 16.8. The Kier molecular flexibility index (Phi) is 4.16. The molecule has 0 aromatic rings. The first-order valence-electron chi connectivity index (χ1n) is 2.63. The fourth-order valence-electron chi connectivity index (χ4n) is 0.267. The second kappa shape index (κ2) is 4.39. The molecule has 54 valence electrons. The van der Waals surface area contributed by atoms with Crippen LogP contribution < -0.4 is 10.3 Å². The predicted molar refractivity (Wildman–Crippen MR) is 34.9 cm³/mol. The van der Waals surface area contributed by atoms with Crippen LogP contribution in [0.15, 0.2) is 4.99 Å². The molecule has 0 saturated heterocycles. The lowest BCUT2D eigenvalue weighted by molar-refractivity contribution is -1.45. The van der Waals surface area contributed by atoms with Gasteiger partial charge in [-0.25, -0.2) is 10.3 Å². The van der Waals surface area contributed by atoms with E-state index in [0.29, 0.717) is 5.12 Å². The molecule has 0 aromatic heterocycles. The summed E-state index contributed by atoms with van der Waals surface area (Å²) in [7, 11) is 3.13. The molecular weight excluding hydrogens is 120 g/mol. The molecule has 2 N–H and O–H groups in total. The van der Waals surface area contributed by atoms with Gasteiger partial charge in [-0.05, 0) is 13.4 Å². The second-order valence-corrected chi connectivity index (χ2v) is 1.66. The lowest BCUT2D eigenvalue weighted by Crippen LogP contribution is -3.53. The first-order chi connectivity index (χ1) is 4.18. The highest BCUT2D eigenvalue weighted by Gasteiger charge is 1.87. The smallest absolute Gasteiger partial charge is 0.109 e. The van der Waals surface area contributed by atoms with Crippen LogP contribution in [0.1, 0.15) is 0 Å². The van der Waals surface area contributed by atoms with E-state index in [-0.39, 0.29) is 11.8 Å². The van der Waals surface area contributed by atoms with Gasteiger partial charge in [-0.15, -0.1) is 0 Å². The first-order valence-corrected chi connectivity index (χ1v) is 2.63. The number of hydrogen-bond donors (Lipinski definition) is 2. The van der Waals surface area contributed by atoms with Crippen LogP contribution in [0.2, 0.25) is 0 Å².